The van der Waals surface area contributed by atoms with Gasteiger partial charge in [0, 0.05) is 29.0 Å². The van der Waals surface area contributed by atoms with E-state index in [1.807, 2.05) is 36.4 Å². The van der Waals surface area contributed by atoms with Gasteiger partial charge in [0.25, 0.3) is 0 Å². The summed E-state index contributed by atoms with van der Waals surface area (Å²) >= 11 is 3.55. The van der Waals surface area contributed by atoms with Gasteiger partial charge in [0.15, 0.2) is 0 Å². The lowest BCUT2D eigenvalue weighted by Gasteiger charge is -2.28. The normalized spacial score (nSPS) is 16.2. The van der Waals surface area contributed by atoms with Crippen molar-refractivity contribution in [3.8, 4) is 0 Å². The minimum Gasteiger partial charge on any atom is -0.469 e. The first kappa shape index (κ1) is 20.4. The van der Waals surface area contributed by atoms with Crippen LogP contribution in [0.5, 0.6) is 0 Å². The molecule has 1 aliphatic rings. The molecule has 2 heterocycles. The van der Waals surface area contributed by atoms with E-state index in [2.05, 4.69) is 31.1 Å². The zero-order chi connectivity index (χ0) is 19.9. The van der Waals surface area contributed by atoms with Crippen molar-refractivity contribution in [2.24, 2.45) is 4.99 Å². The number of halogens is 1. The molecule has 0 spiro atoms. The molecular formula is C20H23BrN4O3. The standard InChI is InChI=1S/C20H23BrN4O3/c1-28-19(27)7-10-25-13-18(23-9-11-26)24-16-6-5-14(21)12-15(16)20(25)17-4-2-3-8-22-17/h2-6,8,12,18,23,26H,7,9-11,13H2,1H3/t18-/m0/s1. The molecule has 0 radical (unpaired) electrons. The van der Waals surface area contributed by atoms with Crippen molar-refractivity contribution in [3.63, 3.8) is 0 Å². The Labute approximate surface area is 171 Å². The van der Waals surface area contributed by atoms with E-state index in [0.717, 1.165) is 26.4 Å². The first-order chi connectivity index (χ1) is 13.6. The Hall–Kier alpha value is -2.29. The topological polar surface area (TPSA) is 87.0 Å². The molecule has 1 aromatic heterocycles. The number of aromatic nitrogens is 1. The number of carbonyl (C=O) groups is 1. The van der Waals surface area contributed by atoms with Crippen LogP contribution in [-0.2, 0) is 9.53 Å². The Morgan fingerprint density at radius 2 is 2.25 bits per heavy atom. The van der Waals surface area contributed by atoms with Gasteiger partial charge in [-0.05, 0) is 30.3 Å². The van der Waals surface area contributed by atoms with Crippen LogP contribution in [0.3, 0.4) is 0 Å². The molecule has 1 aliphatic heterocycles. The quantitative estimate of drug-likeness (QED) is 0.598. The lowest BCUT2D eigenvalue weighted by Crippen LogP contribution is -2.41. The largest absolute Gasteiger partial charge is 0.469 e. The van der Waals surface area contributed by atoms with E-state index in [1.165, 1.54) is 7.11 Å². The second-order valence-electron chi connectivity index (χ2n) is 6.32. The van der Waals surface area contributed by atoms with Gasteiger partial charge in [-0.15, -0.1) is 0 Å². The smallest absolute Gasteiger partial charge is 0.307 e. The molecule has 0 amide bonds. The highest BCUT2D eigenvalue weighted by Crippen LogP contribution is 2.17. The molecule has 1 aromatic carbocycles. The summed E-state index contributed by atoms with van der Waals surface area (Å²) in [6, 6.07) is 11.7. The molecule has 0 unspecified atom stereocenters. The van der Waals surface area contributed by atoms with Gasteiger partial charge in [-0.1, -0.05) is 22.0 Å². The highest BCUT2D eigenvalue weighted by molar-refractivity contribution is 9.10. The minimum atomic E-state index is -0.268. The number of nitrogens with one attached hydrogen (secondary N) is 1. The predicted octanol–water partition coefficient (Wildman–Crippen LogP) is 0.407. The molecule has 0 saturated heterocycles. The molecule has 7 nitrogen and oxygen atoms in total. The summed E-state index contributed by atoms with van der Waals surface area (Å²) in [4.78, 5) is 23.3. The van der Waals surface area contributed by atoms with Crippen LogP contribution in [0, 0.1) is 0 Å². The molecule has 2 aromatic rings. The number of methoxy groups -OCH3 is 1. The molecular weight excluding hydrogens is 424 g/mol. The van der Waals surface area contributed by atoms with E-state index in [9.17, 15) is 9.90 Å². The number of carbonyl (C=O) groups excluding carboxylic acids is 1. The fourth-order valence-electron chi connectivity index (χ4n) is 3.17. The number of aliphatic hydroxyl groups excluding tert-OH is 1. The molecule has 3 rings (SSSR count). The van der Waals surface area contributed by atoms with E-state index < -0.39 is 0 Å². The van der Waals surface area contributed by atoms with Crippen molar-refractivity contribution in [2.45, 2.75) is 12.6 Å². The molecule has 8 heteroatoms. The van der Waals surface area contributed by atoms with Gasteiger partial charge in [0.2, 0.25) is 0 Å². The molecule has 1 atom stereocenters. The van der Waals surface area contributed by atoms with Gasteiger partial charge in [-0.2, -0.15) is 0 Å². The van der Waals surface area contributed by atoms with Gasteiger partial charge in [0.05, 0.1) is 43.4 Å². The van der Waals surface area contributed by atoms with Crippen molar-refractivity contribution in [3.05, 3.63) is 63.3 Å². The average molecular weight is 447 g/mol. The van der Waals surface area contributed by atoms with Crippen LogP contribution in [0.25, 0.3) is 5.70 Å². The number of esters is 1. The maximum atomic E-state index is 11.8. The lowest BCUT2D eigenvalue weighted by atomic mass is 10.1. The SMILES string of the molecule is COC(=O)CCN1C[C@@H](NCCO)N=c2ccc(Br)cc2=C1c1ccccn1. The summed E-state index contributed by atoms with van der Waals surface area (Å²) < 4.78 is 5.76. The summed E-state index contributed by atoms with van der Waals surface area (Å²) in [6.07, 6.45) is 1.77. The number of aliphatic hydroxyl groups is 1. The summed E-state index contributed by atoms with van der Waals surface area (Å²) in [5, 5.41) is 14.2. The first-order valence-corrected chi connectivity index (χ1v) is 9.87. The van der Waals surface area contributed by atoms with E-state index in [-0.39, 0.29) is 25.2 Å². The number of hydrogen-bond donors (Lipinski definition) is 2. The van der Waals surface area contributed by atoms with Gasteiger partial charge in [0.1, 0.15) is 6.17 Å². The van der Waals surface area contributed by atoms with Crippen molar-refractivity contribution >= 4 is 27.6 Å². The van der Waals surface area contributed by atoms with Crippen LogP contribution >= 0.6 is 15.9 Å². The van der Waals surface area contributed by atoms with Gasteiger partial charge < -0.3 is 14.7 Å². The van der Waals surface area contributed by atoms with Crippen LogP contribution < -0.4 is 15.9 Å². The third kappa shape index (κ3) is 4.95. The van der Waals surface area contributed by atoms with Crippen molar-refractivity contribution in [1.82, 2.24) is 15.2 Å². The number of ether oxygens (including phenoxy) is 1. The van der Waals surface area contributed by atoms with Crippen molar-refractivity contribution in [2.75, 3.05) is 33.4 Å². The number of nitrogens with zero attached hydrogens (tertiary/aromatic N) is 3. The zero-order valence-electron chi connectivity index (χ0n) is 15.6. The van der Waals surface area contributed by atoms with Crippen molar-refractivity contribution in [1.29, 1.82) is 0 Å². The molecule has 0 aliphatic carbocycles. The first-order valence-electron chi connectivity index (χ1n) is 9.07. The fraction of sp³-hybridized carbons (Fsp3) is 0.350. The number of rotatable bonds is 7. The van der Waals surface area contributed by atoms with Crippen LogP contribution in [0.2, 0.25) is 0 Å². The zero-order valence-corrected chi connectivity index (χ0v) is 17.2. The molecule has 0 bridgehead atoms. The van der Waals surface area contributed by atoms with E-state index in [0.29, 0.717) is 19.6 Å². The Bertz CT molecular complexity index is 936. The third-order valence-electron chi connectivity index (χ3n) is 4.43. The Balaban J connectivity index is 2.16. The predicted molar refractivity (Wildman–Crippen MR) is 109 cm³/mol. The molecule has 0 fully saturated rings. The third-order valence-corrected chi connectivity index (χ3v) is 4.92. The van der Waals surface area contributed by atoms with E-state index in [1.54, 1.807) is 6.20 Å². The van der Waals surface area contributed by atoms with Crippen molar-refractivity contribution < 1.29 is 14.6 Å². The number of hydrogen-bond acceptors (Lipinski definition) is 7. The molecule has 148 valence electrons. The van der Waals surface area contributed by atoms with Gasteiger partial charge in [-0.3, -0.25) is 20.1 Å². The monoisotopic (exact) mass is 446 g/mol. The Kier molecular flexibility index (Phi) is 7.13. The summed E-state index contributed by atoms with van der Waals surface area (Å²) in [6.45, 7) is 1.47. The average Bonchev–Trinajstić information content (AvgIpc) is 2.87. The second-order valence-corrected chi connectivity index (χ2v) is 7.24. The minimum absolute atomic E-state index is 0.0260. The second kappa shape index (κ2) is 9.77. The Morgan fingerprint density at radius 1 is 1.39 bits per heavy atom. The summed E-state index contributed by atoms with van der Waals surface area (Å²) in [5.41, 5.74) is 1.72. The van der Waals surface area contributed by atoms with Gasteiger partial charge >= 0.3 is 5.97 Å². The number of benzene rings is 1. The summed E-state index contributed by atoms with van der Waals surface area (Å²) in [7, 11) is 1.39. The van der Waals surface area contributed by atoms with Crippen LogP contribution in [0.15, 0.2) is 52.1 Å². The number of fused-ring (bicyclic) bond motifs is 1. The molecule has 28 heavy (non-hydrogen) atoms. The maximum absolute atomic E-state index is 11.8. The highest BCUT2D eigenvalue weighted by Gasteiger charge is 2.22. The Morgan fingerprint density at radius 3 is 2.96 bits per heavy atom. The van der Waals surface area contributed by atoms with Crippen LogP contribution in [0.4, 0.5) is 0 Å². The van der Waals surface area contributed by atoms with E-state index >= 15 is 0 Å². The number of pyridine rings is 1. The van der Waals surface area contributed by atoms with Crippen LogP contribution in [-0.4, -0.2) is 60.5 Å². The van der Waals surface area contributed by atoms with Gasteiger partial charge in [-0.25, -0.2) is 0 Å². The fourth-order valence-corrected chi connectivity index (χ4v) is 3.53. The van der Waals surface area contributed by atoms with Crippen LogP contribution in [0.1, 0.15) is 12.1 Å². The molecule has 0 saturated carbocycles. The highest BCUT2D eigenvalue weighted by atomic mass is 79.9. The van der Waals surface area contributed by atoms with E-state index in [4.69, 9.17) is 9.73 Å². The summed E-state index contributed by atoms with van der Waals surface area (Å²) in [5.74, 6) is -0.268. The maximum Gasteiger partial charge on any atom is 0.307 e. The lowest BCUT2D eigenvalue weighted by molar-refractivity contribution is -0.140. The molecule has 2 N–H and O–H groups in total.